The fourth-order valence-corrected chi connectivity index (χ4v) is 3.76. The lowest BCUT2D eigenvalue weighted by Crippen LogP contribution is -2.26. The average molecular weight is 448 g/mol. The third kappa shape index (κ3) is 4.97. The van der Waals surface area contributed by atoms with Crippen LogP contribution in [0.1, 0.15) is 0 Å². The van der Waals surface area contributed by atoms with Crippen molar-refractivity contribution in [3.63, 3.8) is 0 Å². The van der Waals surface area contributed by atoms with Crippen molar-refractivity contribution in [3.8, 4) is 0 Å². The summed E-state index contributed by atoms with van der Waals surface area (Å²) < 4.78 is 7.55. The SMILES string of the molecule is COCCn1c(SCC(=O)Nc2cccc(Br)c2)nc2ccccc2c1=O. The maximum atomic E-state index is 12.8. The number of nitrogens with one attached hydrogen (secondary N) is 1. The minimum Gasteiger partial charge on any atom is -0.383 e. The lowest BCUT2D eigenvalue weighted by molar-refractivity contribution is -0.113. The number of benzene rings is 2. The van der Waals surface area contributed by atoms with Crippen LogP contribution in [0.25, 0.3) is 10.9 Å². The maximum absolute atomic E-state index is 12.8. The van der Waals surface area contributed by atoms with Crippen LogP contribution in [0.3, 0.4) is 0 Å². The third-order valence-electron chi connectivity index (χ3n) is 3.79. The number of rotatable bonds is 7. The molecule has 0 atom stereocenters. The van der Waals surface area contributed by atoms with Crippen molar-refractivity contribution in [2.75, 3.05) is 24.8 Å². The monoisotopic (exact) mass is 447 g/mol. The number of aromatic nitrogens is 2. The van der Waals surface area contributed by atoms with Gasteiger partial charge < -0.3 is 10.1 Å². The first-order valence-electron chi connectivity index (χ1n) is 8.25. The van der Waals surface area contributed by atoms with E-state index >= 15 is 0 Å². The van der Waals surface area contributed by atoms with E-state index in [1.54, 1.807) is 23.8 Å². The van der Waals surface area contributed by atoms with Gasteiger partial charge in [-0.2, -0.15) is 0 Å². The Morgan fingerprint density at radius 2 is 2.07 bits per heavy atom. The van der Waals surface area contributed by atoms with Crippen LogP contribution in [0.2, 0.25) is 0 Å². The molecule has 0 fully saturated rings. The number of amides is 1. The summed E-state index contributed by atoms with van der Waals surface area (Å²) >= 11 is 4.61. The predicted octanol–water partition coefficient (Wildman–Crippen LogP) is 3.54. The van der Waals surface area contributed by atoms with Crippen LogP contribution < -0.4 is 10.9 Å². The van der Waals surface area contributed by atoms with Gasteiger partial charge in [0.25, 0.3) is 5.56 Å². The van der Waals surface area contributed by atoms with E-state index in [2.05, 4.69) is 26.2 Å². The van der Waals surface area contributed by atoms with E-state index in [0.717, 1.165) is 4.47 Å². The molecule has 3 rings (SSSR count). The topological polar surface area (TPSA) is 73.2 Å². The van der Waals surface area contributed by atoms with Crippen LogP contribution in [0.5, 0.6) is 0 Å². The molecule has 8 heteroatoms. The number of nitrogens with zero attached hydrogens (tertiary/aromatic N) is 2. The highest BCUT2D eigenvalue weighted by Gasteiger charge is 2.13. The van der Waals surface area contributed by atoms with Gasteiger partial charge in [0.15, 0.2) is 5.16 Å². The number of thioether (sulfide) groups is 1. The lowest BCUT2D eigenvalue weighted by atomic mass is 10.2. The van der Waals surface area contributed by atoms with Gasteiger partial charge in [-0.25, -0.2) is 4.98 Å². The number of hydrogen-bond acceptors (Lipinski definition) is 5. The molecule has 0 radical (unpaired) electrons. The molecule has 0 saturated carbocycles. The van der Waals surface area contributed by atoms with Crippen molar-refractivity contribution in [2.45, 2.75) is 11.7 Å². The van der Waals surface area contributed by atoms with Gasteiger partial charge in [0, 0.05) is 17.3 Å². The Labute approximate surface area is 169 Å². The van der Waals surface area contributed by atoms with E-state index in [1.165, 1.54) is 11.8 Å². The van der Waals surface area contributed by atoms with Crippen LogP contribution in [0.4, 0.5) is 5.69 Å². The fraction of sp³-hybridized carbons (Fsp3) is 0.211. The van der Waals surface area contributed by atoms with Gasteiger partial charge in [0.2, 0.25) is 5.91 Å². The second kappa shape index (κ2) is 9.16. The summed E-state index contributed by atoms with van der Waals surface area (Å²) in [5.41, 5.74) is 1.19. The minimum absolute atomic E-state index is 0.132. The van der Waals surface area contributed by atoms with Crippen molar-refractivity contribution in [1.82, 2.24) is 9.55 Å². The number of hydrogen-bond donors (Lipinski definition) is 1. The Kier molecular flexibility index (Phi) is 6.65. The highest BCUT2D eigenvalue weighted by atomic mass is 79.9. The lowest BCUT2D eigenvalue weighted by Gasteiger charge is -2.12. The van der Waals surface area contributed by atoms with Gasteiger partial charge in [-0.15, -0.1) is 0 Å². The van der Waals surface area contributed by atoms with Crippen molar-refractivity contribution in [1.29, 1.82) is 0 Å². The summed E-state index contributed by atoms with van der Waals surface area (Å²) in [6.07, 6.45) is 0. The molecule has 1 N–H and O–H groups in total. The molecule has 0 aliphatic rings. The van der Waals surface area contributed by atoms with Crippen molar-refractivity contribution in [3.05, 3.63) is 63.4 Å². The van der Waals surface area contributed by atoms with Crippen LogP contribution in [0, 0.1) is 0 Å². The van der Waals surface area contributed by atoms with Crippen molar-refractivity contribution >= 4 is 50.2 Å². The van der Waals surface area contributed by atoms with Gasteiger partial charge in [0.1, 0.15) is 0 Å². The van der Waals surface area contributed by atoms with Crippen LogP contribution in [0.15, 0.2) is 63.0 Å². The number of halogens is 1. The zero-order valence-corrected chi connectivity index (χ0v) is 17.0. The summed E-state index contributed by atoms with van der Waals surface area (Å²) in [5.74, 6) is -0.0246. The fourth-order valence-electron chi connectivity index (χ4n) is 2.53. The Morgan fingerprint density at radius 3 is 2.85 bits per heavy atom. The van der Waals surface area contributed by atoms with Gasteiger partial charge in [-0.05, 0) is 30.3 Å². The van der Waals surface area contributed by atoms with Crippen LogP contribution in [-0.4, -0.2) is 34.9 Å². The number of ether oxygens (including phenoxy) is 1. The summed E-state index contributed by atoms with van der Waals surface area (Å²) in [5, 5.41) is 3.89. The molecule has 2 aromatic carbocycles. The molecule has 140 valence electrons. The third-order valence-corrected chi connectivity index (χ3v) is 5.26. The second-order valence-corrected chi connectivity index (χ2v) is 7.57. The summed E-state index contributed by atoms with van der Waals surface area (Å²) in [7, 11) is 1.58. The van der Waals surface area contributed by atoms with Crippen LogP contribution >= 0.6 is 27.7 Å². The number of carbonyl (C=O) groups is 1. The molecule has 0 aliphatic heterocycles. The normalized spacial score (nSPS) is 10.9. The quantitative estimate of drug-likeness (QED) is 0.442. The smallest absolute Gasteiger partial charge is 0.262 e. The van der Waals surface area contributed by atoms with Gasteiger partial charge >= 0.3 is 0 Å². The van der Waals surface area contributed by atoms with E-state index in [1.807, 2.05) is 36.4 Å². The highest BCUT2D eigenvalue weighted by molar-refractivity contribution is 9.10. The predicted molar refractivity (Wildman–Crippen MR) is 111 cm³/mol. The molecule has 1 amide bonds. The summed E-state index contributed by atoms with van der Waals surface area (Å²) in [6.45, 7) is 0.764. The van der Waals surface area contributed by atoms with E-state index in [4.69, 9.17) is 4.74 Å². The molecule has 6 nitrogen and oxygen atoms in total. The molecular weight excluding hydrogens is 430 g/mol. The second-order valence-electron chi connectivity index (χ2n) is 5.71. The standard InChI is InChI=1S/C19H18BrN3O3S/c1-26-10-9-23-18(25)15-7-2-3-8-16(15)22-19(23)27-12-17(24)21-14-6-4-5-13(20)11-14/h2-8,11H,9-10,12H2,1H3,(H,21,24). The van der Waals surface area contributed by atoms with Crippen molar-refractivity contribution in [2.24, 2.45) is 0 Å². The molecule has 1 heterocycles. The van der Waals surface area contributed by atoms with Gasteiger partial charge in [0.05, 0.1) is 29.8 Å². The van der Waals surface area contributed by atoms with E-state index in [0.29, 0.717) is 34.9 Å². The Bertz CT molecular complexity index is 1020. The highest BCUT2D eigenvalue weighted by Crippen LogP contribution is 2.19. The molecule has 1 aromatic heterocycles. The van der Waals surface area contributed by atoms with Crippen LogP contribution in [-0.2, 0) is 16.1 Å². The summed E-state index contributed by atoms with van der Waals surface area (Å²) in [4.78, 5) is 29.6. The molecule has 27 heavy (non-hydrogen) atoms. The largest absolute Gasteiger partial charge is 0.383 e. The molecule has 0 spiro atoms. The van der Waals surface area contributed by atoms with E-state index < -0.39 is 0 Å². The van der Waals surface area contributed by atoms with Gasteiger partial charge in [-0.1, -0.05) is 45.9 Å². The molecular formula is C19H18BrN3O3S. The first-order valence-corrected chi connectivity index (χ1v) is 10.0. The van der Waals surface area contributed by atoms with Crippen molar-refractivity contribution < 1.29 is 9.53 Å². The van der Waals surface area contributed by atoms with Gasteiger partial charge in [-0.3, -0.25) is 14.2 Å². The first kappa shape index (κ1) is 19.6. The average Bonchev–Trinajstić information content (AvgIpc) is 2.66. The molecule has 0 bridgehead atoms. The number of fused-ring (bicyclic) bond motifs is 1. The Hall–Kier alpha value is -2.16. The number of para-hydroxylation sites is 1. The Morgan fingerprint density at radius 1 is 1.26 bits per heavy atom. The zero-order chi connectivity index (χ0) is 19.2. The summed E-state index contributed by atoms with van der Waals surface area (Å²) in [6, 6.07) is 14.6. The Balaban J connectivity index is 1.80. The number of carbonyl (C=O) groups excluding carboxylic acids is 1. The maximum Gasteiger partial charge on any atom is 0.262 e. The molecule has 0 saturated heterocycles. The molecule has 3 aromatic rings. The minimum atomic E-state index is -0.168. The number of methoxy groups -OCH3 is 1. The molecule has 0 aliphatic carbocycles. The van der Waals surface area contributed by atoms with E-state index in [9.17, 15) is 9.59 Å². The van der Waals surface area contributed by atoms with E-state index in [-0.39, 0.29) is 17.2 Å². The number of anilines is 1. The zero-order valence-electron chi connectivity index (χ0n) is 14.6. The first-order chi connectivity index (χ1) is 13.1. The molecule has 0 unspecified atom stereocenters.